The van der Waals surface area contributed by atoms with Crippen LogP contribution in [0.4, 0.5) is 11.4 Å². The van der Waals surface area contributed by atoms with Crippen LogP contribution in [0.25, 0.3) is 0 Å². The Kier molecular flexibility index (Phi) is 6.87. The Morgan fingerprint density at radius 3 is 2.48 bits per heavy atom. The summed E-state index contributed by atoms with van der Waals surface area (Å²) in [4.78, 5) is 34.3. The van der Waals surface area contributed by atoms with Crippen molar-refractivity contribution in [1.29, 1.82) is 0 Å². The van der Waals surface area contributed by atoms with Gasteiger partial charge in [0.05, 0.1) is 4.92 Å². The number of hydrogen-bond donors (Lipinski definition) is 1. The standard InChI is InChI=1S/C19H20N2O6/c1-3-17(27-15-7-5-4-6-8-15)19(23)26-12-18(22)20-16-10-9-14(21(24)25)11-13(16)2/h4-11,17H,3,12H2,1-2H3,(H,20,22)/t17-/m1/s1. The molecular formula is C19H20N2O6. The van der Waals surface area contributed by atoms with Gasteiger partial charge in [-0.05, 0) is 37.1 Å². The molecule has 0 aliphatic carbocycles. The second-order valence-corrected chi connectivity index (χ2v) is 5.74. The van der Waals surface area contributed by atoms with Crippen molar-refractivity contribution in [3.8, 4) is 5.75 Å². The number of nitro groups is 1. The van der Waals surface area contributed by atoms with Crippen molar-refractivity contribution in [2.45, 2.75) is 26.4 Å². The van der Waals surface area contributed by atoms with Crippen molar-refractivity contribution in [2.24, 2.45) is 0 Å². The van der Waals surface area contributed by atoms with Gasteiger partial charge in [0.2, 0.25) is 0 Å². The molecule has 0 saturated carbocycles. The zero-order valence-corrected chi connectivity index (χ0v) is 15.0. The lowest BCUT2D eigenvalue weighted by molar-refractivity contribution is -0.384. The first-order chi connectivity index (χ1) is 12.9. The Morgan fingerprint density at radius 1 is 1.19 bits per heavy atom. The number of esters is 1. The van der Waals surface area contributed by atoms with Gasteiger partial charge in [0.25, 0.3) is 11.6 Å². The van der Waals surface area contributed by atoms with E-state index in [1.54, 1.807) is 38.1 Å². The molecule has 2 aromatic rings. The van der Waals surface area contributed by atoms with E-state index in [2.05, 4.69) is 5.32 Å². The predicted octanol–water partition coefficient (Wildman–Crippen LogP) is 3.24. The van der Waals surface area contributed by atoms with Gasteiger partial charge < -0.3 is 14.8 Å². The highest BCUT2D eigenvalue weighted by molar-refractivity contribution is 5.93. The molecule has 8 nitrogen and oxygen atoms in total. The zero-order chi connectivity index (χ0) is 19.8. The molecule has 8 heteroatoms. The average molecular weight is 372 g/mol. The smallest absolute Gasteiger partial charge is 0.347 e. The monoisotopic (exact) mass is 372 g/mol. The first kappa shape index (κ1) is 19.9. The first-order valence-corrected chi connectivity index (χ1v) is 8.34. The lowest BCUT2D eigenvalue weighted by Crippen LogP contribution is -2.31. The van der Waals surface area contributed by atoms with Gasteiger partial charge in [0, 0.05) is 17.8 Å². The molecule has 1 N–H and O–H groups in total. The quantitative estimate of drug-likeness (QED) is 0.433. The van der Waals surface area contributed by atoms with Gasteiger partial charge in [0.1, 0.15) is 5.75 Å². The Balaban J connectivity index is 1.88. The maximum absolute atomic E-state index is 12.1. The van der Waals surface area contributed by atoms with Crippen molar-refractivity contribution < 1.29 is 24.0 Å². The van der Waals surface area contributed by atoms with E-state index in [0.29, 0.717) is 23.4 Å². The molecule has 2 rings (SSSR count). The van der Waals surface area contributed by atoms with Crippen LogP contribution in [0.1, 0.15) is 18.9 Å². The molecule has 0 spiro atoms. The third-order valence-corrected chi connectivity index (χ3v) is 3.70. The number of aryl methyl sites for hydroxylation is 1. The molecule has 0 unspecified atom stereocenters. The summed E-state index contributed by atoms with van der Waals surface area (Å²) < 4.78 is 10.6. The van der Waals surface area contributed by atoms with E-state index in [0.717, 1.165) is 0 Å². The van der Waals surface area contributed by atoms with Gasteiger partial charge in [-0.1, -0.05) is 25.1 Å². The van der Waals surface area contributed by atoms with Crippen LogP contribution in [-0.4, -0.2) is 29.5 Å². The second-order valence-electron chi connectivity index (χ2n) is 5.74. The third-order valence-electron chi connectivity index (χ3n) is 3.70. The van der Waals surface area contributed by atoms with Crippen molar-refractivity contribution in [3.63, 3.8) is 0 Å². The third kappa shape index (κ3) is 5.81. The number of amides is 1. The highest BCUT2D eigenvalue weighted by Gasteiger charge is 2.21. The molecule has 0 aliphatic rings. The zero-order valence-electron chi connectivity index (χ0n) is 15.0. The summed E-state index contributed by atoms with van der Waals surface area (Å²) in [5.74, 6) is -0.654. The summed E-state index contributed by atoms with van der Waals surface area (Å²) in [6, 6.07) is 12.9. The number of nitrogens with zero attached hydrogens (tertiary/aromatic N) is 1. The van der Waals surface area contributed by atoms with Crippen molar-refractivity contribution in [1.82, 2.24) is 0 Å². The molecule has 0 aromatic heterocycles. The number of benzene rings is 2. The minimum Gasteiger partial charge on any atom is -0.479 e. The van der Waals surface area contributed by atoms with Gasteiger partial charge >= 0.3 is 5.97 Å². The number of nitro benzene ring substituents is 1. The molecule has 1 amide bonds. The van der Waals surface area contributed by atoms with Crippen LogP contribution in [0.3, 0.4) is 0 Å². The minimum atomic E-state index is -0.818. The highest BCUT2D eigenvalue weighted by atomic mass is 16.6. The van der Waals surface area contributed by atoms with E-state index in [1.807, 2.05) is 6.07 Å². The van der Waals surface area contributed by atoms with Gasteiger partial charge in [-0.15, -0.1) is 0 Å². The molecule has 0 radical (unpaired) electrons. The normalized spacial score (nSPS) is 11.3. The van der Waals surface area contributed by atoms with Crippen molar-refractivity contribution in [3.05, 3.63) is 64.2 Å². The number of hydrogen-bond acceptors (Lipinski definition) is 6. The van der Waals surface area contributed by atoms with Gasteiger partial charge in [0.15, 0.2) is 12.7 Å². The van der Waals surface area contributed by atoms with Gasteiger partial charge in [-0.2, -0.15) is 0 Å². The van der Waals surface area contributed by atoms with E-state index in [-0.39, 0.29) is 5.69 Å². The van der Waals surface area contributed by atoms with E-state index in [4.69, 9.17) is 9.47 Å². The lowest BCUT2D eigenvalue weighted by Gasteiger charge is -2.16. The minimum absolute atomic E-state index is 0.0687. The summed E-state index contributed by atoms with van der Waals surface area (Å²) in [6.45, 7) is 2.93. The molecular weight excluding hydrogens is 352 g/mol. The molecule has 0 bridgehead atoms. The van der Waals surface area contributed by atoms with Crippen molar-refractivity contribution >= 4 is 23.3 Å². The molecule has 0 heterocycles. The van der Waals surface area contributed by atoms with Crippen LogP contribution in [0.5, 0.6) is 5.75 Å². The topological polar surface area (TPSA) is 108 Å². The number of anilines is 1. The molecule has 0 saturated heterocycles. The number of rotatable bonds is 8. The maximum atomic E-state index is 12.1. The SMILES string of the molecule is CC[C@@H](Oc1ccccc1)C(=O)OCC(=O)Nc1ccc([N+](=O)[O-])cc1C. The lowest BCUT2D eigenvalue weighted by atomic mass is 10.2. The molecule has 142 valence electrons. The molecule has 27 heavy (non-hydrogen) atoms. The number of ether oxygens (including phenoxy) is 2. The van der Waals surface area contributed by atoms with Crippen LogP contribution >= 0.6 is 0 Å². The summed E-state index contributed by atoms with van der Waals surface area (Å²) >= 11 is 0. The first-order valence-electron chi connectivity index (χ1n) is 8.34. The summed E-state index contributed by atoms with van der Waals surface area (Å²) in [5, 5.41) is 13.3. The van der Waals surface area contributed by atoms with Gasteiger partial charge in [-0.25, -0.2) is 4.79 Å². The van der Waals surface area contributed by atoms with Gasteiger partial charge in [-0.3, -0.25) is 14.9 Å². The van der Waals surface area contributed by atoms with Crippen molar-refractivity contribution in [2.75, 3.05) is 11.9 Å². The van der Waals surface area contributed by atoms with E-state index in [1.165, 1.54) is 18.2 Å². The van der Waals surface area contributed by atoms with Crippen LogP contribution in [-0.2, 0) is 14.3 Å². The number of para-hydroxylation sites is 1. The summed E-state index contributed by atoms with van der Waals surface area (Å²) in [6.07, 6.45) is -0.433. The largest absolute Gasteiger partial charge is 0.479 e. The number of carbonyl (C=O) groups is 2. The number of non-ortho nitro benzene ring substituents is 1. The molecule has 2 aromatic carbocycles. The van der Waals surface area contributed by atoms with Crippen LogP contribution < -0.4 is 10.1 Å². The summed E-state index contributed by atoms with van der Waals surface area (Å²) in [5.41, 5.74) is 0.873. The fourth-order valence-corrected chi connectivity index (χ4v) is 2.28. The van der Waals surface area contributed by atoms with E-state index >= 15 is 0 Å². The van der Waals surface area contributed by atoms with E-state index < -0.39 is 29.5 Å². The predicted molar refractivity (Wildman–Crippen MR) is 98.6 cm³/mol. The van der Waals surface area contributed by atoms with Crippen LogP contribution in [0, 0.1) is 17.0 Å². The fourth-order valence-electron chi connectivity index (χ4n) is 2.28. The van der Waals surface area contributed by atoms with Crippen LogP contribution in [0.2, 0.25) is 0 Å². The molecule has 1 atom stereocenters. The second kappa shape index (κ2) is 9.33. The van der Waals surface area contributed by atoms with Crippen LogP contribution in [0.15, 0.2) is 48.5 Å². The molecule has 0 aliphatic heterocycles. The maximum Gasteiger partial charge on any atom is 0.347 e. The Labute approximate surface area is 156 Å². The fraction of sp³-hybridized carbons (Fsp3) is 0.263. The van der Waals surface area contributed by atoms with E-state index in [9.17, 15) is 19.7 Å². The number of nitrogens with one attached hydrogen (secondary N) is 1. The Morgan fingerprint density at radius 2 is 1.89 bits per heavy atom. The molecule has 0 fully saturated rings. The highest BCUT2D eigenvalue weighted by Crippen LogP contribution is 2.21. The summed E-state index contributed by atoms with van der Waals surface area (Å²) in [7, 11) is 0. The Bertz CT molecular complexity index is 822. The Hall–Kier alpha value is -3.42. The average Bonchev–Trinajstić information content (AvgIpc) is 2.66. The number of carbonyl (C=O) groups excluding carboxylic acids is 2.